The molecule has 5 nitrogen and oxygen atoms in total. The summed E-state index contributed by atoms with van der Waals surface area (Å²) in [7, 11) is 0. The first kappa shape index (κ1) is 17.1. The minimum absolute atomic E-state index is 0.0515. The Morgan fingerprint density at radius 3 is 2.70 bits per heavy atom. The van der Waals surface area contributed by atoms with E-state index in [0.717, 1.165) is 12.1 Å². The van der Waals surface area contributed by atoms with Crippen molar-refractivity contribution in [1.82, 2.24) is 5.16 Å². The van der Waals surface area contributed by atoms with Crippen molar-refractivity contribution in [3.63, 3.8) is 0 Å². The Kier molecular flexibility index (Phi) is 5.15. The number of amides is 1. The topological polar surface area (TPSA) is 67.2 Å². The van der Waals surface area contributed by atoms with Crippen LogP contribution in [0.15, 0.2) is 28.8 Å². The predicted molar refractivity (Wildman–Crippen MR) is 79.4 cm³/mol. The zero-order valence-electron chi connectivity index (χ0n) is 12.0. The summed E-state index contributed by atoms with van der Waals surface area (Å²) in [5.74, 6) is 0.508. The van der Waals surface area contributed by atoms with Gasteiger partial charge in [0.15, 0.2) is 5.82 Å². The molecule has 2 rings (SSSR count). The highest BCUT2D eigenvalue weighted by molar-refractivity contribution is 6.31. The number of halogens is 4. The number of benzene rings is 1. The van der Waals surface area contributed by atoms with E-state index in [1.165, 1.54) is 6.07 Å². The summed E-state index contributed by atoms with van der Waals surface area (Å²) in [6, 6.07) is 5.03. The van der Waals surface area contributed by atoms with Gasteiger partial charge < -0.3 is 15.2 Å². The second-order valence-corrected chi connectivity index (χ2v) is 5.15. The van der Waals surface area contributed by atoms with Crippen molar-refractivity contribution in [1.29, 1.82) is 0 Å². The molecule has 0 saturated heterocycles. The number of nitrogens with one attached hydrogen (secondary N) is 2. The number of hydrogen-bond donors (Lipinski definition) is 2. The van der Waals surface area contributed by atoms with E-state index in [0.29, 0.717) is 11.6 Å². The number of alkyl halides is 3. The van der Waals surface area contributed by atoms with Gasteiger partial charge in [0.25, 0.3) is 0 Å². The predicted octanol–water partition coefficient (Wildman–Crippen LogP) is 4.10. The van der Waals surface area contributed by atoms with Crippen molar-refractivity contribution in [2.45, 2.75) is 19.5 Å². The molecule has 2 aromatic rings. The van der Waals surface area contributed by atoms with Gasteiger partial charge >= 0.3 is 6.18 Å². The number of aromatic nitrogens is 1. The Balaban J connectivity index is 1.87. The summed E-state index contributed by atoms with van der Waals surface area (Å²) in [4.78, 5) is 11.7. The van der Waals surface area contributed by atoms with Crippen molar-refractivity contribution < 1.29 is 22.5 Å². The molecule has 124 valence electrons. The molecule has 0 spiro atoms. The Morgan fingerprint density at radius 2 is 2.09 bits per heavy atom. The van der Waals surface area contributed by atoms with Crippen LogP contribution in [0, 0.1) is 6.92 Å². The van der Waals surface area contributed by atoms with E-state index in [-0.39, 0.29) is 29.6 Å². The number of carbonyl (C=O) groups excluding carboxylic acids is 1. The molecule has 0 aliphatic rings. The van der Waals surface area contributed by atoms with Gasteiger partial charge in [-0.2, -0.15) is 13.2 Å². The van der Waals surface area contributed by atoms with Gasteiger partial charge in [-0.05, 0) is 25.1 Å². The summed E-state index contributed by atoms with van der Waals surface area (Å²) in [5, 5.41) is 8.48. The molecule has 0 saturated carbocycles. The van der Waals surface area contributed by atoms with Gasteiger partial charge in [0.05, 0.1) is 10.6 Å². The highest BCUT2D eigenvalue weighted by Crippen LogP contribution is 2.36. The molecule has 1 aromatic heterocycles. The van der Waals surface area contributed by atoms with Crippen molar-refractivity contribution in [3.8, 4) is 0 Å². The quantitative estimate of drug-likeness (QED) is 0.854. The molecule has 0 bridgehead atoms. The highest BCUT2D eigenvalue weighted by Gasteiger charge is 2.33. The van der Waals surface area contributed by atoms with E-state index in [1.807, 2.05) is 0 Å². The molecule has 1 heterocycles. The van der Waals surface area contributed by atoms with Crippen LogP contribution in [0.5, 0.6) is 0 Å². The van der Waals surface area contributed by atoms with Gasteiger partial charge in [-0.3, -0.25) is 4.79 Å². The number of rotatable bonds is 5. The van der Waals surface area contributed by atoms with Crippen LogP contribution < -0.4 is 10.6 Å². The first-order valence-corrected chi connectivity index (χ1v) is 6.97. The number of carbonyl (C=O) groups is 1. The van der Waals surface area contributed by atoms with Crippen molar-refractivity contribution in [2.24, 2.45) is 0 Å². The van der Waals surface area contributed by atoms with Crippen molar-refractivity contribution in [3.05, 3.63) is 40.6 Å². The maximum atomic E-state index is 12.7. The maximum Gasteiger partial charge on any atom is 0.417 e. The zero-order valence-corrected chi connectivity index (χ0v) is 12.8. The minimum Gasteiger partial charge on any atom is -0.385 e. The van der Waals surface area contributed by atoms with Gasteiger partial charge in [0, 0.05) is 24.7 Å². The lowest BCUT2D eigenvalue weighted by molar-refractivity contribution is -0.137. The lowest BCUT2D eigenvalue weighted by Crippen LogP contribution is -2.16. The summed E-state index contributed by atoms with van der Waals surface area (Å²) in [6.45, 7) is 1.84. The van der Waals surface area contributed by atoms with E-state index >= 15 is 0 Å². The molecule has 0 aliphatic heterocycles. The van der Waals surface area contributed by atoms with Crippen LogP contribution in [0.25, 0.3) is 0 Å². The molecule has 2 N–H and O–H groups in total. The molecule has 0 radical (unpaired) electrons. The molecule has 1 amide bonds. The first-order chi connectivity index (χ1) is 10.8. The van der Waals surface area contributed by atoms with Gasteiger partial charge in [-0.25, -0.2) is 0 Å². The Bertz CT molecular complexity index is 701. The number of anilines is 2. The largest absolute Gasteiger partial charge is 0.417 e. The lowest BCUT2D eigenvalue weighted by atomic mass is 10.2. The van der Waals surface area contributed by atoms with E-state index < -0.39 is 11.7 Å². The van der Waals surface area contributed by atoms with Gasteiger partial charge in [0.1, 0.15) is 5.76 Å². The van der Waals surface area contributed by atoms with E-state index in [1.54, 1.807) is 13.0 Å². The first-order valence-electron chi connectivity index (χ1n) is 6.59. The third-order valence-corrected chi connectivity index (χ3v) is 3.18. The molecule has 0 atom stereocenters. The van der Waals surface area contributed by atoms with Gasteiger partial charge in [0.2, 0.25) is 5.91 Å². The summed E-state index contributed by atoms with van der Waals surface area (Å²) in [6.07, 6.45) is -4.48. The zero-order chi connectivity index (χ0) is 17.0. The Labute approximate surface area is 134 Å². The van der Waals surface area contributed by atoms with Crippen molar-refractivity contribution >= 4 is 29.0 Å². The van der Waals surface area contributed by atoms with Crippen LogP contribution in [-0.2, 0) is 11.0 Å². The highest BCUT2D eigenvalue weighted by atomic mass is 35.5. The SMILES string of the molecule is Cc1cc(NC(=O)CCNc2ccc(Cl)c(C(F)(F)F)c2)no1. The average molecular weight is 348 g/mol. The molecular formula is C14H13ClF3N3O2. The van der Waals surface area contributed by atoms with Crippen molar-refractivity contribution in [2.75, 3.05) is 17.2 Å². The standard InChI is InChI=1S/C14H13ClF3N3O2/c1-8-6-12(21-23-8)20-13(22)4-5-19-9-2-3-11(15)10(7-9)14(16,17)18/h2-3,6-7,19H,4-5H2,1H3,(H,20,21,22). The monoisotopic (exact) mass is 347 g/mol. The van der Waals surface area contributed by atoms with Crippen LogP contribution >= 0.6 is 11.6 Å². The van der Waals surface area contributed by atoms with E-state index in [9.17, 15) is 18.0 Å². The molecular weight excluding hydrogens is 335 g/mol. The van der Waals surface area contributed by atoms with Crippen LogP contribution in [0.3, 0.4) is 0 Å². The smallest absolute Gasteiger partial charge is 0.385 e. The third-order valence-electron chi connectivity index (χ3n) is 2.85. The van der Waals surface area contributed by atoms with Crippen LogP contribution in [-0.4, -0.2) is 17.6 Å². The molecule has 0 fully saturated rings. The second kappa shape index (κ2) is 6.91. The van der Waals surface area contributed by atoms with Gasteiger partial charge in [-0.15, -0.1) is 0 Å². The fraction of sp³-hybridized carbons (Fsp3) is 0.286. The normalized spacial score (nSPS) is 11.3. The minimum atomic E-state index is -4.53. The van der Waals surface area contributed by atoms with Crippen LogP contribution in [0.4, 0.5) is 24.7 Å². The number of hydrogen-bond acceptors (Lipinski definition) is 4. The van der Waals surface area contributed by atoms with Crippen LogP contribution in [0.1, 0.15) is 17.7 Å². The Hall–Kier alpha value is -2.22. The number of aryl methyl sites for hydroxylation is 1. The fourth-order valence-corrected chi connectivity index (χ4v) is 2.03. The molecule has 1 aromatic carbocycles. The van der Waals surface area contributed by atoms with E-state index in [2.05, 4.69) is 15.8 Å². The molecule has 0 aliphatic carbocycles. The molecule has 0 unspecified atom stereocenters. The maximum absolute atomic E-state index is 12.7. The summed E-state index contributed by atoms with van der Waals surface area (Å²) >= 11 is 5.53. The second-order valence-electron chi connectivity index (χ2n) is 4.74. The molecule has 23 heavy (non-hydrogen) atoms. The number of nitrogens with zero attached hydrogens (tertiary/aromatic N) is 1. The molecule has 9 heteroatoms. The fourth-order valence-electron chi connectivity index (χ4n) is 1.80. The van der Waals surface area contributed by atoms with Crippen LogP contribution in [0.2, 0.25) is 5.02 Å². The summed E-state index contributed by atoms with van der Waals surface area (Å²) < 4.78 is 43.0. The lowest BCUT2D eigenvalue weighted by Gasteiger charge is -2.12. The summed E-state index contributed by atoms with van der Waals surface area (Å²) in [5.41, 5.74) is -0.696. The average Bonchev–Trinajstić information content (AvgIpc) is 2.84. The third kappa shape index (κ3) is 4.88. The Morgan fingerprint density at radius 1 is 1.35 bits per heavy atom. The van der Waals surface area contributed by atoms with E-state index in [4.69, 9.17) is 16.1 Å². The van der Waals surface area contributed by atoms with Gasteiger partial charge in [-0.1, -0.05) is 16.8 Å².